The van der Waals surface area contributed by atoms with Gasteiger partial charge < -0.3 is 5.32 Å². The van der Waals surface area contributed by atoms with Crippen molar-refractivity contribution in [2.24, 2.45) is 0 Å². The zero-order valence-electron chi connectivity index (χ0n) is 14.6. The number of para-hydroxylation sites is 1. The molecule has 1 heterocycles. The van der Waals surface area contributed by atoms with Crippen LogP contribution in [0.3, 0.4) is 0 Å². The molecule has 0 saturated heterocycles. The molecule has 0 aliphatic carbocycles. The van der Waals surface area contributed by atoms with E-state index in [-0.39, 0.29) is 17.4 Å². The Balaban J connectivity index is 1.69. The van der Waals surface area contributed by atoms with Crippen molar-refractivity contribution in [3.63, 3.8) is 0 Å². The highest BCUT2D eigenvalue weighted by atomic mass is 35.5. The molecule has 0 unspecified atom stereocenters. The van der Waals surface area contributed by atoms with E-state index in [0.29, 0.717) is 6.54 Å². The molecule has 0 aliphatic heterocycles. The van der Waals surface area contributed by atoms with Gasteiger partial charge in [0, 0.05) is 17.8 Å². The highest BCUT2D eigenvalue weighted by molar-refractivity contribution is 6.30. The second-order valence-electron chi connectivity index (χ2n) is 6.10. The molecule has 0 saturated carbocycles. The first kappa shape index (κ1) is 18.1. The van der Waals surface area contributed by atoms with E-state index in [9.17, 15) is 9.18 Å². The maximum Gasteiger partial charge on any atom is 0.224 e. The molecule has 6 heteroatoms. The van der Waals surface area contributed by atoms with E-state index >= 15 is 0 Å². The third kappa shape index (κ3) is 3.94. The molecule has 3 aromatic rings. The first-order valence-electron chi connectivity index (χ1n) is 8.27. The van der Waals surface area contributed by atoms with Crippen molar-refractivity contribution in [1.82, 2.24) is 15.1 Å². The first-order valence-corrected chi connectivity index (χ1v) is 8.64. The van der Waals surface area contributed by atoms with Gasteiger partial charge in [0.25, 0.3) is 0 Å². The Bertz CT molecular complexity index is 938. The molecule has 1 aromatic heterocycles. The summed E-state index contributed by atoms with van der Waals surface area (Å²) in [5, 5.41) is 7.44. The summed E-state index contributed by atoms with van der Waals surface area (Å²) >= 11 is 5.76. The zero-order valence-corrected chi connectivity index (χ0v) is 15.3. The van der Waals surface area contributed by atoms with Crippen LogP contribution in [0.1, 0.15) is 22.5 Å². The fourth-order valence-electron chi connectivity index (χ4n) is 2.82. The summed E-state index contributed by atoms with van der Waals surface area (Å²) in [4.78, 5) is 12.3. The maximum atomic E-state index is 13.2. The lowest BCUT2D eigenvalue weighted by molar-refractivity contribution is -0.120. The van der Waals surface area contributed by atoms with Crippen molar-refractivity contribution in [1.29, 1.82) is 0 Å². The average molecular weight is 372 g/mol. The normalized spacial score (nSPS) is 10.8. The van der Waals surface area contributed by atoms with Crippen LogP contribution in [0.4, 0.5) is 4.39 Å². The molecule has 4 nitrogen and oxygen atoms in total. The largest absolute Gasteiger partial charge is 0.352 e. The van der Waals surface area contributed by atoms with Crippen molar-refractivity contribution >= 4 is 17.5 Å². The van der Waals surface area contributed by atoms with E-state index in [1.165, 1.54) is 12.1 Å². The van der Waals surface area contributed by atoms with Crippen molar-refractivity contribution < 1.29 is 9.18 Å². The lowest BCUT2D eigenvalue weighted by Crippen LogP contribution is -2.25. The second-order valence-corrected chi connectivity index (χ2v) is 6.51. The smallest absolute Gasteiger partial charge is 0.224 e. The van der Waals surface area contributed by atoms with Crippen molar-refractivity contribution in [2.75, 3.05) is 0 Å². The third-order valence-electron chi connectivity index (χ3n) is 4.25. The predicted octanol–water partition coefficient (Wildman–Crippen LogP) is 4.14. The van der Waals surface area contributed by atoms with Gasteiger partial charge in [-0.15, -0.1) is 0 Å². The number of hydrogen-bond acceptors (Lipinski definition) is 2. The number of halogens is 2. The number of nitrogens with zero attached hydrogens (tertiary/aromatic N) is 2. The van der Waals surface area contributed by atoms with Crippen LogP contribution in [0.5, 0.6) is 0 Å². The van der Waals surface area contributed by atoms with Gasteiger partial charge in [0.05, 0.1) is 22.8 Å². The first-order chi connectivity index (χ1) is 12.5. The Hall–Kier alpha value is -2.66. The van der Waals surface area contributed by atoms with Gasteiger partial charge in [-0.25, -0.2) is 9.07 Å². The lowest BCUT2D eigenvalue weighted by Gasteiger charge is -2.07. The number of aryl methyl sites for hydroxylation is 1. The second kappa shape index (κ2) is 7.70. The molecule has 0 aliphatic rings. The zero-order chi connectivity index (χ0) is 18.7. The molecule has 0 spiro atoms. The summed E-state index contributed by atoms with van der Waals surface area (Å²) in [6, 6.07) is 14.2. The summed E-state index contributed by atoms with van der Waals surface area (Å²) < 4.78 is 15.0. The molecule has 1 N–H and O–H groups in total. The molecular formula is C20H19ClFN3O. The quantitative estimate of drug-likeness (QED) is 0.732. The Morgan fingerprint density at radius 2 is 1.92 bits per heavy atom. The van der Waals surface area contributed by atoms with Gasteiger partial charge in [0.2, 0.25) is 5.91 Å². The van der Waals surface area contributed by atoms with Crippen LogP contribution in [0, 0.1) is 19.7 Å². The van der Waals surface area contributed by atoms with Gasteiger partial charge in [0.15, 0.2) is 0 Å². The molecule has 1 amide bonds. The van der Waals surface area contributed by atoms with Crippen LogP contribution in [0.25, 0.3) is 5.69 Å². The SMILES string of the molecule is Cc1nn(-c2ccccc2)c(C)c1CC(=O)NCc1ccc(F)c(Cl)c1. The molecule has 0 radical (unpaired) electrons. The van der Waals surface area contributed by atoms with Crippen LogP contribution >= 0.6 is 11.6 Å². The monoisotopic (exact) mass is 371 g/mol. The molecule has 134 valence electrons. The molecule has 0 atom stereocenters. The summed E-state index contributed by atoms with van der Waals surface area (Å²) in [7, 11) is 0. The van der Waals surface area contributed by atoms with E-state index < -0.39 is 5.82 Å². The number of carbonyl (C=O) groups is 1. The van der Waals surface area contributed by atoms with Crippen LogP contribution < -0.4 is 5.32 Å². The standard InChI is InChI=1S/C20H19ClFN3O/c1-13-17(14(2)25(24-13)16-6-4-3-5-7-16)11-20(26)23-12-15-8-9-19(22)18(21)10-15/h3-10H,11-12H2,1-2H3,(H,23,26). The van der Waals surface area contributed by atoms with E-state index in [4.69, 9.17) is 11.6 Å². The van der Waals surface area contributed by atoms with Crippen molar-refractivity contribution in [3.05, 3.63) is 81.9 Å². The van der Waals surface area contributed by atoms with Gasteiger partial charge in [0.1, 0.15) is 5.82 Å². The Morgan fingerprint density at radius 3 is 2.62 bits per heavy atom. The van der Waals surface area contributed by atoms with Gasteiger partial charge >= 0.3 is 0 Å². The number of nitrogens with one attached hydrogen (secondary N) is 1. The van der Waals surface area contributed by atoms with Crippen molar-refractivity contribution in [2.45, 2.75) is 26.8 Å². The molecular weight excluding hydrogens is 353 g/mol. The maximum absolute atomic E-state index is 13.2. The van der Waals surface area contributed by atoms with Gasteiger partial charge in [-0.05, 0) is 43.7 Å². The summed E-state index contributed by atoms with van der Waals surface area (Å²) in [5.41, 5.74) is 4.38. The summed E-state index contributed by atoms with van der Waals surface area (Å²) in [5.74, 6) is -0.592. The van der Waals surface area contributed by atoms with Crippen LogP contribution in [0.15, 0.2) is 48.5 Å². The molecule has 0 fully saturated rings. The van der Waals surface area contributed by atoms with E-state index in [2.05, 4.69) is 10.4 Å². The molecule has 3 rings (SSSR count). The van der Waals surface area contributed by atoms with E-state index in [0.717, 1.165) is 28.2 Å². The minimum absolute atomic E-state index is 0.0487. The fraction of sp³-hybridized carbons (Fsp3) is 0.200. The number of carbonyl (C=O) groups excluding carboxylic acids is 1. The topological polar surface area (TPSA) is 46.9 Å². The van der Waals surface area contributed by atoms with Crippen LogP contribution in [-0.2, 0) is 17.8 Å². The number of aromatic nitrogens is 2. The Kier molecular flexibility index (Phi) is 5.38. The van der Waals surface area contributed by atoms with Gasteiger partial charge in [-0.1, -0.05) is 35.9 Å². The van der Waals surface area contributed by atoms with Gasteiger partial charge in [-0.2, -0.15) is 5.10 Å². The van der Waals surface area contributed by atoms with E-state index in [1.54, 1.807) is 6.07 Å². The van der Waals surface area contributed by atoms with Gasteiger partial charge in [-0.3, -0.25) is 4.79 Å². The Labute approximate surface area is 156 Å². The average Bonchev–Trinajstić information content (AvgIpc) is 2.91. The molecule has 2 aromatic carbocycles. The number of amides is 1. The molecule has 26 heavy (non-hydrogen) atoms. The van der Waals surface area contributed by atoms with Crippen molar-refractivity contribution in [3.8, 4) is 5.69 Å². The molecule has 0 bridgehead atoms. The lowest BCUT2D eigenvalue weighted by atomic mass is 10.1. The highest BCUT2D eigenvalue weighted by Gasteiger charge is 2.16. The fourth-order valence-corrected chi connectivity index (χ4v) is 3.03. The Morgan fingerprint density at radius 1 is 1.19 bits per heavy atom. The number of benzene rings is 2. The van der Waals surface area contributed by atoms with E-state index in [1.807, 2.05) is 48.9 Å². The predicted molar refractivity (Wildman–Crippen MR) is 100.0 cm³/mol. The minimum atomic E-state index is -0.471. The number of rotatable bonds is 5. The minimum Gasteiger partial charge on any atom is -0.352 e. The number of hydrogen-bond donors (Lipinski definition) is 1. The third-order valence-corrected chi connectivity index (χ3v) is 4.54. The highest BCUT2D eigenvalue weighted by Crippen LogP contribution is 2.19. The van der Waals surface area contributed by atoms with Crippen LogP contribution in [-0.4, -0.2) is 15.7 Å². The summed E-state index contributed by atoms with van der Waals surface area (Å²) in [6.45, 7) is 4.15. The van der Waals surface area contributed by atoms with Crippen LogP contribution in [0.2, 0.25) is 5.02 Å². The summed E-state index contributed by atoms with van der Waals surface area (Å²) in [6.07, 6.45) is 0.236.